The molecule has 1 aliphatic rings. The van der Waals surface area contributed by atoms with Crippen molar-refractivity contribution in [2.45, 2.75) is 19.5 Å². The fourth-order valence-electron chi connectivity index (χ4n) is 2.35. The Morgan fingerprint density at radius 2 is 2.22 bits per heavy atom. The standard InChI is InChI=1S/C15H17N5O3/c1-10-9-20-13(15(22)17-10)12(18-19-20)14(21)16-7-8-23-11-5-3-2-4-6-11/h2-6,10H,7-9H2,1H3,(H,16,21)(H,17,22). The van der Waals surface area contributed by atoms with E-state index in [0.29, 0.717) is 19.7 Å². The summed E-state index contributed by atoms with van der Waals surface area (Å²) in [6, 6.07) is 9.28. The van der Waals surface area contributed by atoms with E-state index in [2.05, 4.69) is 20.9 Å². The summed E-state index contributed by atoms with van der Waals surface area (Å²) in [6.07, 6.45) is 0. The summed E-state index contributed by atoms with van der Waals surface area (Å²) in [5, 5.41) is 13.1. The monoisotopic (exact) mass is 315 g/mol. The lowest BCUT2D eigenvalue weighted by molar-refractivity contribution is 0.0879. The van der Waals surface area contributed by atoms with Crippen molar-refractivity contribution >= 4 is 11.8 Å². The molecule has 2 heterocycles. The van der Waals surface area contributed by atoms with E-state index in [4.69, 9.17) is 4.74 Å². The van der Waals surface area contributed by atoms with E-state index in [-0.39, 0.29) is 23.3 Å². The van der Waals surface area contributed by atoms with Crippen molar-refractivity contribution in [1.82, 2.24) is 25.6 Å². The second kappa shape index (κ2) is 6.47. The molecule has 23 heavy (non-hydrogen) atoms. The predicted octanol–water partition coefficient (Wildman–Crippen LogP) is 0.219. The van der Waals surface area contributed by atoms with E-state index in [1.807, 2.05) is 37.3 Å². The van der Waals surface area contributed by atoms with E-state index in [1.54, 1.807) is 0 Å². The van der Waals surface area contributed by atoms with E-state index in [1.165, 1.54) is 4.68 Å². The maximum Gasteiger partial charge on any atom is 0.274 e. The van der Waals surface area contributed by atoms with Crippen LogP contribution in [0.2, 0.25) is 0 Å². The van der Waals surface area contributed by atoms with Gasteiger partial charge in [-0.05, 0) is 19.1 Å². The molecule has 0 saturated heterocycles. The molecule has 8 heteroatoms. The Morgan fingerprint density at radius 3 is 3.00 bits per heavy atom. The van der Waals surface area contributed by atoms with Gasteiger partial charge in [-0.25, -0.2) is 4.68 Å². The molecule has 0 fully saturated rings. The molecule has 1 aromatic heterocycles. The van der Waals surface area contributed by atoms with Gasteiger partial charge < -0.3 is 15.4 Å². The highest BCUT2D eigenvalue weighted by Crippen LogP contribution is 2.11. The van der Waals surface area contributed by atoms with Gasteiger partial charge in [0.15, 0.2) is 11.4 Å². The molecule has 3 rings (SSSR count). The molecule has 120 valence electrons. The van der Waals surface area contributed by atoms with Gasteiger partial charge in [0.25, 0.3) is 11.8 Å². The first kappa shape index (κ1) is 15.0. The van der Waals surface area contributed by atoms with Crippen LogP contribution in [0.1, 0.15) is 27.9 Å². The summed E-state index contributed by atoms with van der Waals surface area (Å²) in [7, 11) is 0. The zero-order chi connectivity index (χ0) is 16.2. The number of rotatable bonds is 5. The molecule has 1 unspecified atom stereocenters. The van der Waals surface area contributed by atoms with Crippen molar-refractivity contribution in [1.29, 1.82) is 0 Å². The fraction of sp³-hybridized carbons (Fsp3) is 0.333. The Labute approximate surface area is 132 Å². The molecule has 8 nitrogen and oxygen atoms in total. The number of carbonyl (C=O) groups excluding carboxylic acids is 2. The molecular formula is C15H17N5O3. The van der Waals surface area contributed by atoms with Gasteiger partial charge in [0.2, 0.25) is 0 Å². The summed E-state index contributed by atoms with van der Waals surface area (Å²) >= 11 is 0. The Morgan fingerprint density at radius 1 is 1.43 bits per heavy atom. The van der Waals surface area contributed by atoms with E-state index in [9.17, 15) is 9.59 Å². The number of hydrogen-bond acceptors (Lipinski definition) is 5. The Balaban J connectivity index is 1.56. The van der Waals surface area contributed by atoms with Crippen LogP contribution < -0.4 is 15.4 Å². The second-order valence-electron chi connectivity index (χ2n) is 5.26. The van der Waals surface area contributed by atoms with Crippen LogP contribution in [0.25, 0.3) is 0 Å². The molecule has 0 saturated carbocycles. The Kier molecular flexibility index (Phi) is 4.22. The van der Waals surface area contributed by atoms with Crippen LogP contribution in [0.4, 0.5) is 0 Å². The van der Waals surface area contributed by atoms with Crippen molar-refractivity contribution in [2.24, 2.45) is 0 Å². The van der Waals surface area contributed by atoms with Crippen LogP contribution in [0.5, 0.6) is 5.75 Å². The number of para-hydroxylation sites is 1. The minimum atomic E-state index is -0.437. The smallest absolute Gasteiger partial charge is 0.274 e. The number of benzene rings is 1. The summed E-state index contributed by atoms with van der Waals surface area (Å²) in [5.41, 5.74) is 0.235. The van der Waals surface area contributed by atoms with Crippen molar-refractivity contribution in [3.8, 4) is 5.75 Å². The van der Waals surface area contributed by atoms with Crippen LogP contribution in [-0.2, 0) is 6.54 Å². The summed E-state index contributed by atoms with van der Waals surface area (Å²) in [4.78, 5) is 24.1. The van der Waals surface area contributed by atoms with Crippen LogP contribution in [0.15, 0.2) is 30.3 Å². The van der Waals surface area contributed by atoms with Crippen molar-refractivity contribution in [2.75, 3.05) is 13.2 Å². The van der Waals surface area contributed by atoms with Gasteiger partial charge in [0, 0.05) is 6.04 Å². The van der Waals surface area contributed by atoms with Crippen molar-refractivity contribution in [3.63, 3.8) is 0 Å². The van der Waals surface area contributed by atoms with Crippen LogP contribution in [0, 0.1) is 0 Å². The first-order valence-corrected chi connectivity index (χ1v) is 7.35. The molecule has 0 radical (unpaired) electrons. The van der Waals surface area contributed by atoms with Crippen molar-refractivity contribution < 1.29 is 14.3 Å². The average molecular weight is 315 g/mol. The second-order valence-corrected chi connectivity index (χ2v) is 5.26. The normalized spacial score (nSPS) is 16.4. The summed E-state index contributed by atoms with van der Waals surface area (Å²) in [5.74, 6) is -0.0387. The molecule has 1 atom stereocenters. The summed E-state index contributed by atoms with van der Waals surface area (Å²) < 4.78 is 6.94. The highest BCUT2D eigenvalue weighted by Gasteiger charge is 2.30. The largest absolute Gasteiger partial charge is 0.492 e. The number of fused-ring (bicyclic) bond motifs is 1. The Hall–Kier alpha value is -2.90. The third kappa shape index (κ3) is 3.31. The zero-order valence-electron chi connectivity index (χ0n) is 12.7. The number of nitrogens with zero attached hydrogens (tertiary/aromatic N) is 3. The molecule has 1 aromatic carbocycles. The number of ether oxygens (including phenoxy) is 1. The van der Waals surface area contributed by atoms with Gasteiger partial charge in [-0.3, -0.25) is 9.59 Å². The molecule has 2 aromatic rings. The van der Waals surface area contributed by atoms with Gasteiger partial charge in [0.05, 0.1) is 13.1 Å². The third-order valence-corrected chi connectivity index (χ3v) is 3.39. The highest BCUT2D eigenvalue weighted by molar-refractivity contribution is 6.05. The third-order valence-electron chi connectivity index (χ3n) is 3.39. The minimum absolute atomic E-state index is 0.0353. The van der Waals surface area contributed by atoms with E-state index >= 15 is 0 Å². The van der Waals surface area contributed by atoms with Crippen molar-refractivity contribution in [3.05, 3.63) is 41.7 Å². The molecule has 2 N–H and O–H groups in total. The number of nitrogens with one attached hydrogen (secondary N) is 2. The molecule has 0 aliphatic carbocycles. The lowest BCUT2D eigenvalue weighted by Crippen LogP contribution is -2.43. The molecule has 2 amide bonds. The minimum Gasteiger partial charge on any atom is -0.492 e. The number of aromatic nitrogens is 3. The SMILES string of the molecule is CC1Cn2nnc(C(=O)NCCOc3ccccc3)c2C(=O)N1. The predicted molar refractivity (Wildman–Crippen MR) is 81.2 cm³/mol. The van der Waals surface area contributed by atoms with Crippen LogP contribution >= 0.6 is 0 Å². The van der Waals surface area contributed by atoms with Gasteiger partial charge in [-0.15, -0.1) is 5.10 Å². The highest BCUT2D eigenvalue weighted by atomic mass is 16.5. The van der Waals surface area contributed by atoms with Gasteiger partial charge in [0.1, 0.15) is 12.4 Å². The molecule has 0 bridgehead atoms. The van der Waals surface area contributed by atoms with Gasteiger partial charge in [-0.2, -0.15) is 0 Å². The topological polar surface area (TPSA) is 98.1 Å². The van der Waals surface area contributed by atoms with Crippen LogP contribution in [-0.4, -0.2) is 46.0 Å². The number of amides is 2. The quantitative estimate of drug-likeness (QED) is 0.769. The number of carbonyl (C=O) groups is 2. The summed E-state index contributed by atoms with van der Waals surface area (Å²) in [6.45, 7) is 2.99. The first-order chi connectivity index (χ1) is 11.1. The van der Waals surface area contributed by atoms with Gasteiger partial charge in [-0.1, -0.05) is 23.4 Å². The van der Waals surface area contributed by atoms with E-state index < -0.39 is 5.91 Å². The average Bonchev–Trinajstić information content (AvgIpc) is 2.96. The molecular weight excluding hydrogens is 298 g/mol. The van der Waals surface area contributed by atoms with Crippen LogP contribution in [0.3, 0.4) is 0 Å². The van der Waals surface area contributed by atoms with Gasteiger partial charge >= 0.3 is 0 Å². The Bertz CT molecular complexity index is 713. The maximum atomic E-state index is 12.2. The molecule has 0 spiro atoms. The first-order valence-electron chi connectivity index (χ1n) is 7.35. The lowest BCUT2D eigenvalue weighted by atomic mass is 10.2. The molecule has 1 aliphatic heterocycles. The van der Waals surface area contributed by atoms with E-state index in [0.717, 1.165) is 5.75 Å². The number of hydrogen-bond donors (Lipinski definition) is 2. The lowest BCUT2D eigenvalue weighted by Gasteiger charge is -2.20. The fourth-order valence-corrected chi connectivity index (χ4v) is 2.35. The zero-order valence-corrected chi connectivity index (χ0v) is 12.7. The maximum absolute atomic E-state index is 12.2.